The van der Waals surface area contributed by atoms with Crippen LogP contribution in [0.25, 0.3) is 22.2 Å². The van der Waals surface area contributed by atoms with E-state index >= 15 is 0 Å². The lowest BCUT2D eigenvalue weighted by Gasteiger charge is -2.14. The number of nitrogens with two attached hydrogens (primary N) is 1. The van der Waals surface area contributed by atoms with E-state index in [-0.39, 0.29) is 42.3 Å². The van der Waals surface area contributed by atoms with Crippen LogP contribution in [0.5, 0.6) is 0 Å². The van der Waals surface area contributed by atoms with Gasteiger partial charge in [-0.25, -0.2) is 22.5 Å². The van der Waals surface area contributed by atoms with Crippen molar-refractivity contribution in [3.8, 4) is 11.1 Å². The molecule has 0 spiro atoms. The maximum absolute atomic E-state index is 14.3. The number of aromatic nitrogens is 2. The van der Waals surface area contributed by atoms with Gasteiger partial charge in [0.1, 0.15) is 11.7 Å². The van der Waals surface area contributed by atoms with Crippen molar-refractivity contribution in [2.24, 2.45) is 5.73 Å². The number of allylic oxidation sites excluding steroid dienone is 1. The maximum Gasteiger partial charge on any atom is 0.253 e. The zero-order valence-corrected chi connectivity index (χ0v) is 21.4. The molecular formula is C24H29ClFN5O3S. The number of imidazole rings is 1. The summed E-state index contributed by atoms with van der Waals surface area (Å²) >= 11 is 0. The van der Waals surface area contributed by atoms with Gasteiger partial charge in [0.25, 0.3) is 5.91 Å². The van der Waals surface area contributed by atoms with Crippen molar-refractivity contribution in [1.82, 2.24) is 19.2 Å². The molecule has 11 heteroatoms. The van der Waals surface area contributed by atoms with E-state index in [9.17, 15) is 17.6 Å². The molecule has 1 aliphatic carbocycles. The molecule has 1 amide bonds. The van der Waals surface area contributed by atoms with Gasteiger partial charge in [-0.05, 0) is 55.7 Å². The first kappa shape index (κ1) is 26.8. The number of carbonyl (C=O) groups excluding carboxylic acids is 1. The van der Waals surface area contributed by atoms with Crippen molar-refractivity contribution in [3.63, 3.8) is 0 Å². The number of hydrogen-bond donors (Lipinski definition) is 2. The van der Waals surface area contributed by atoms with Crippen LogP contribution in [-0.4, -0.2) is 55.5 Å². The van der Waals surface area contributed by atoms with E-state index in [0.29, 0.717) is 33.5 Å². The molecular weight excluding hydrogens is 493 g/mol. The number of nitrogens with zero attached hydrogens (tertiary/aromatic N) is 3. The van der Waals surface area contributed by atoms with Crippen LogP contribution < -0.4 is 10.5 Å². The summed E-state index contributed by atoms with van der Waals surface area (Å²) in [7, 11) is -0.266. The zero-order chi connectivity index (χ0) is 24.6. The van der Waals surface area contributed by atoms with E-state index in [1.165, 1.54) is 11.0 Å². The standard InChI is InChI=1S/C24H28FN5O3S.ClH/c1-15-27-23-21(16-4-8-20(9-5-16)34(32,33)28-19-6-7-19)12-17(24(31)29(2)3)13-22(23)30(15)14-18(25)10-11-26;/h4-5,8-10,12-13,19,28H,6-7,11,14,26H2,1-3H3;1H/b18-10-;. The Balaban J connectivity index is 0.00000342. The molecule has 0 aliphatic heterocycles. The van der Waals surface area contributed by atoms with E-state index in [0.717, 1.165) is 12.8 Å². The van der Waals surface area contributed by atoms with Gasteiger partial charge in [-0.2, -0.15) is 0 Å². The normalized spacial score (nSPS) is 14.1. The van der Waals surface area contributed by atoms with E-state index in [1.807, 2.05) is 0 Å². The van der Waals surface area contributed by atoms with Crippen molar-refractivity contribution in [2.75, 3.05) is 20.6 Å². The molecule has 1 aliphatic rings. The summed E-state index contributed by atoms with van der Waals surface area (Å²) in [5.74, 6) is -0.0213. The van der Waals surface area contributed by atoms with Gasteiger partial charge in [-0.1, -0.05) is 12.1 Å². The number of rotatable bonds is 8. The summed E-state index contributed by atoms with van der Waals surface area (Å²) in [6.07, 6.45) is 3.01. The van der Waals surface area contributed by atoms with Gasteiger partial charge in [0.2, 0.25) is 10.0 Å². The van der Waals surface area contributed by atoms with Crippen LogP contribution in [-0.2, 0) is 16.6 Å². The van der Waals surface area contributed by atoms with Gasteiger partial charge < -0.3 is 15.2 Å². The summed E-state index contributed by atoms with van der Waals surface area (Å²) in [4.78, 5) is 19.1. The second kappa shape index (κ2) is 10.4. The van der Waals surface area contributed by atoms with Crippen LogP contribution >= 0.6 is 12.4 Å². The minimum Gasteiger partial charge on any atom is -0.345 e. The highest BCUT2D eigenvalue weighted by Crippen LogP contribution is 2.32. The molecule has 188 valence electrons. The lowest BCUT2D eigenvalue weighted by molar-refractivity contribution is 0.0827. The van der Waals surface area contributed by atoms with E-state index in [4.69, 9.17) is 5.73 Å². The number of fused-ring (bicyclic) bond motifs is 1. The molecule has 1 saturated carbocycles. The number of nitrogens with one attached hydrogen (secondary N) is 1. The first-order valence-corrected chi connectivity index (χ1v) is 12.5. The van der Waals surface area contributed by atoms with Gasteiger partial charge in [0.05, 0.1) is 22.5 Å². The molecule has 1 heterocycles. The van der Waals surface area contributed by atoms with E-state index < -0.39 is 15.9 Å². The van der Waals surface area contributed by atoms with E-state index in [2.05, 4.69) is 9.71 Å². The molecule has 4 rings (SSSR count). The highest BCUT2D eigenvalue weighted by Gasteiger charge is 2.28. The molecule has 1 fully saturated rings. The Morgan fingerprint density at radius 1 is 1.26 bits per heavy atom. The Labute approximate surface area is 210 Å². The minimum atomic E-state index is -3.58. The van der Waals surface area contributed by atoms with Crippen LogP contribution in [0.1, 0.15) is 29.0 Å². The molecule has 3 aromatic rings. The van der Waals surface area contributed by atoms with Crippen LogP contribution in [0.2, 0.25) is 0 Å². The van der Waals surface area contributed by atoms with Crippen LogP contribution in [0.3, 0.4) is 0 Å². The van der Waals surface area contributed by atoms with E-state index in [1.54, 1.807) is 62.0 Å². The Morgan fingerprint density at radius 3 is 2.49 bits per heavy atom. The van der Waals surface area contributed by atoms with Crippen molar-refractivity contribution in [2.45, 2.75) is 37.2 Å². The average Bonchev–Trinajstić information content (AvgIpc) is 3.54. The topological polar surface area (TPSA) is 110 Å². The largest absolute Gasteiger partial charge is 0.345 e. The van der Waals surface area contributed by atoms with Gasteiger partial charge >= 0.3 is 0 Å². The lowest BCUT2D eigenvalue weighted by Crippen LogP contribution is -2.25. The minimum absolute atomic E-state index is 0. The van der Waals surface area contributed by atoms with Crippen LogP contribution in [0.4, 0.5) is 4.39 Å². The maximum atomic E-state index is 14.3. The molecule has 2 aromatic carbocycles. The number of halogens is 2. The highest BCUT2D eigenvalue weighted by atomic mass is 35.5. The number of benzene rings is 2. The molecule has 3 N–H and O–H groups in total. The SMILES string of the molecule is Cc1nc2c(-c3ccc(S(=O)(=O)NC4CC4)cc3)cc(C(=O)N(C)C)cc2n1C/C(F)=C/CN.Cl. The molecule has 0 bridgehead atoms. The van der Waals surface area contributed by atoms with Gasteiger partial charge in [0.15, 0.2) is 0 Å². The summed E-state index contributed by atoms with van der Waals surface area (Å²) in [5.41, 5.74) is 8.42. The predicted octanol–water partition coefficient (Wildman–Crippen LogP) is 3.39. The number of aryl methyl sites for hydroxylation is 1. The predicted molar refractivity (Wildman–Crippen MR) is 137 cm³/mol. The van der Waals surface area contributed by atoms with Gasteiger partial charge in [0, 0.05) is 37.8 Å². The van der Waals surface area contributed by atoms with Crippen molar-refractivity contribution >= 4 is 39.4 Å². The first-order valence-electron chi connectivity index (χ1n) is 11.0. The summed E-state index contributed by atoms with van der Waals surface area (Å²) in [6.45, 7) is 1.80. The fraction of sp³-hybridized carbons (Fsp3) is 0.333. The Morgan fingerprint density at radius 2 is 1.91 bits per heavy atom. The molecule has 0 saturated heterocycles. The number of hydrogen-bond acceptors (Lipinski definition) is 5. The third-order valence-electron chi connectivity index (χ3n) is 5.72. The first-order chi connectivity index (χ1) is 16.1. The fourth-order valence-corrected chi connectivity index (χ4v) is 5.09. The Hall–Kier alpha value is -2.79. The number of carbonyl (C=O) groups is 1. The smallest absolute Gasteiger partial charge is 0.253 e. The third kappa shape index (κ3) is 5.72. The van der Waals surface area contributed by atoms with Gasteiger partial charge in [-0.3, -0.25) is 4.79 Å². The van der Waals surface area contributed by atoms with Crippen molar-refractivity contribution in [3.05, 3.63) is 59.7 Å². The summed E-state index contributed by atoms with van der Waals surface area (Å²) in [6, 6.07) is 9.93. The molecule has 0 radical (unpaired) electrons. The molecule has 0 unspecified atom stereocenters. The molecule has 35 heavy (non-hydrogen) atoms. The summed E-state index contributed by atoms with van der Waals surface area (Å²) in [5, 5.41) is 0. The highest BCUT2D eigenvalue weighted by molar-refractivity contribution is 7.89. The molecule has 8 nitrogen and oxygen atoms in total. The quantitative estimate of drug-likeness (QED) is 0.472. The number of sulfonamides is 1. The lowest BCUT2D eigenvalue weighted by atomic mass is 10.0. The second-order valence-corrected chi connectivity index (χ2v) is 10.4. The zero-order valence-electron chi connectivity index (χ0n) is 19.8. The van der Waals surface area contributed by atoms with Crippen LogP contribution in [0.15, 0.2) is 53.2 Å². The molecule has 1 aromatic heterocycles. The Kier molecular flexibility index (Phi) is 8.00. The summed E-state index contributed by atoms with van der Waals surface area (Å²) < 4.78 is 43.8. The Bertz CT molecular complexity index is 1380. The monoisotopic (exact) mass is 521 g/mol. The van der Waals surface area contributed by atoms with Crippen molar-refractivity contribution < 1.29 is 17.6 Å². The second-order valence-electron chi connectivity index (χ2n) is 8.64. The third-order valence-corrected chi connectivity index (χ3v) is 7.26. The molecule has 0 atom stereocenters. The van der Waals surface area contributed by atoms with Crippen molar-refractivity contribution in [1.29, 1.82) is 0 Å². The fourth-order valence-electron chi connectivity index (χ4n) is 3.79. The van der Waals surface area contributed by atoms with Gasteiger partial charge in [-0.15, -0.1) is 12.4 Å². The number of amides is 1. The average molecular weight is 522 g/mol. The van der Waals surface area contributed by atoms with Crippen LogP contribution in [0, 0.1) is 6.92 Å².